The monoisotopic (exact) mass is 432 g/mol. The van der Waals surface area contributed by atoms with Crippen molar-refractivity contribution in [3.63, 3.8) is 0 Å². The number of aliphatic hydroxyl groups is 7. The number of rotatable bonds is 7. The summed E-state index contributed by atoms with van der Waals surface area (Å²) in [4.78, 5) is 0. The van der Waals surface area contributed by atoms with E-state index in [4.69, 9.17) is 18.9 Å². The van der Waals surface area contributed by atoms with Gasteiger partial charge in [-0.2, -0.15) is 0 Å². The molecule has 11 heteroatoms. The number of hydrogen-bond donors (Lipinski definition) is 7. The van der Waals surface area contributed by atoms with Crippen LogP contribution in [0.15, 0.2) is 30.3 Å². The van der Waals surface area contributed by atoms with Gasteiger partial charge in [-0.3, -0.25) is 0 Å². The van der Waals surface area contributed by atoms with E-state index < -0.39 is 74.6 Å². The van der Waals surface area contributed by atoms with E-state index in [-0.39, 0.29) is 6.61 Å². The van der Waals surface area contributed by atoms with Crippen LogP contribution in [0.3, 0.4) is 0 Å². The zero-order valence-corrected chi connectivity index (χ0v) is 16.0. The van der Waals surface area contributed by atoms with Crippen molar-refractivity contribution in [2.24, 2.45) is 0 Å². The molecule has 2 aliphatic rings. The summed E-state index contributed by atoms with van der Waals surface area (Å²) in [7, 11) is 0. The fourth-order valence-electron chi connectivity index (χ4n) is 3.42. The molecule has 0 aliphatic carbocycles. The summed E-state index contributed by atoms with van der Waals surface area (Å²) in [5.74, 6) is 0. The molecule has 0 aromatic heterocycles. The molecule has 0 unspecified atom stereocenters. The summed E-state index contributed by atoms with van der Waals surface area (Å²) in [6, 6.07) is 9.03. The minimum absolute atomic E-state index is 0.0566. The van der Waals surface area contributed by atoms with E-state index >= 15 is 0 Å². The van der Waals surface area contributed by atoms with Gasteiger partial charge in [0.05, 0.1) is 19.8 Å². The maximum absolute atomic E-state index is 10.5. The lowest BCUT2D eigenvalue weighted by Gasteiger charge is -2.45. The molecule has 0 saturated carbocycles. The van der Waals surface area contributed by atoms with Gasteiger partial charge in [0.2, 0.25) is 0 Å². The molecule has 2 heterocycles. The summed E-state index contributed by atoms with van der Waals surface area (Å²) in [6.07, 6.45) is -14.7. The van der Waals surface area contributed by atoms with Crippen molar-refractivity contribution in [3.05, 3.63) is 35.9 Å². The molecule has 2 fully saturated rings. The van der Waals surface area contributed by atoms with Crippen LogP contribution in [0.5, 0.6) is 0 Å². The first kappa shape index (κ1) is 23.4. The van der Waals surface area contributed by atoms with Gasteiger partial charge in [0, 0.05) is 0 Å². The van der Waals surface area contributed by atoms with E-state index in [9.17, 15) is 35.7 Å². The molecule has 7 N–H and O–H groups in total. The summed E-state index contributed by atoms with van der Waals surface area (Å²) in [5, 5.41) is 69.5. The van der Waals surface area contributed by atoms with E-state index in [2.05, 4.69) is 0 Å². The predicted molar refractivity (Wildman–Crippen MR) is 97.6 cm³/mol. The van der Waals surface area contributed by atoms with Crippen LogP contribution >= 0.6 is 0 Å². The minimum Gasteiger partial charge on any atom is -0.394 e. The Balaban J connectivity index is 1.75. The Morgan fingerprint density at radius 1 is 0.700 bits per heavy atom. The van der Waals surface area contributed by atoms with Crippen molar-refractivity contribution in [2.45, 2.75) is 68.0 Å². The number of ether oxygens (including phenoxy) is 4. The molecule has 3 rings (SSSR count). The minimum atomic E-state index is -1.71. The maximum atomic E-state index is 10.5. The van der Waals surface area contributed by atoms with Crippen molar-refractivity contribution in [1.82, 2.24) is 0 Å². The van der Waals surface area contributed by atoms with Crippen LogP contribution < -0.4 is 0 Å². The van der Waals surface area contributed by atoms with Crippen LogP contribution in [0.2, 0.25) is 0 Å². The summed E-state index contributed by atoms with van der Waals surface area (Å²) in [6.45, 7) is -1.19. The molecule has 1 aromatic carbocycles. The largest absolute Gasteiger partial charge is 0.394 e. The smallest absolute Gasteiger partial charge is 0.187 e. The molecule has 0 spiro atoms. The first-order valence-electron chi connectivity index (χ1n) is 9.61. The first-order valence-corrected chi connectivity index (χ1v) is 9.61. The van der Waals surface area contributed by atoms with E-state index in [0.717, 1.165) is 5.56 Å². The normalized spacial score (nSPS) is 42.2. The predicted octanol–water partition coefficient (Wildman–Crippen LogP) is -3.17. The van der Waals surface area contributed by atoms with Gasteiger partial charge in [0.1, 0.15) is 48.8 Å². The van der Waals surface area contributed by atoms with Crippen LogP contribution in [0, 0.1) is 0 Å². The van der Waals surface area contributed by atoms with Gasteiger partial charge in [0.15, 0.2) is 12.6 Å². The van der Waals surface area contributed by atoms with E-state index in [1.165, 1.54) is 0 Å². The Hall–Kier alpha value is -1.22. The average Bonchev–Trinajstić information content (AvgIpc) is 2.77. The Morgan fingerprint density at radius 2 is 1.27 bits per heavy atom. The van der Waals surface area contributed by atoms with Gasteiger partial charge < -0.3 is 54.7 Å². The zero-order valence-electron chi connectivity index (χ0n) is 16.0. The molecule has 0 radical (unpaired) electrons. The molecular weight excluding hydrogens is 404 g/mol. The second-order valence-electron chi connectivity index (χ2n) is 7.30. The van der Waals surface area contributed by atoms with Crippen LogP contribution in [-0.2, 0) is 25.6 Å². The van der Waals surface area contributed by atoms with Crippen molar-refractivity contribution < 1.29 is 54.7 Å². The first-order chi connectivity index (χ1) is 14.4. The molecule has 1 aromatic rings. The lowest BCUT2D eigenvalue weighted by Crippen LogP contribution is -2.64. The third kappa shape index (κ3) is 4.98. The van der Waals surface area contributed by atoms with Gasteiger partial charge in [-0.25, -0.2) is 0 Å². The maximum Gasteiger partial charge on any atom is 0.187 e. The number of aliphatic hydroxyl groups excluding tert-OH is 7. The van der Waals surface area contributed by atoms with Crippen LogP contribution in [0.25, 0.3) is 0 Å². The summed E-state index contributed by atoms with van der Waals surface area (Å²) < 4.78 is 22.1. The van der Waals surface area contributed by atoms with Crippen LogP contribution in [-0.4, -0.2) is 110 Å². The lowest BCUT2D eigenvalue weighted by molar-refractivity contribution is -0.368. The van der Waals surface area contributed by atoms with E-state index in [1.54, 1.807) is 24.3 Å². The fraction of sp³-hybridized carbons (Fsp3) is 0.684. The van der Waals surface area contributed by atoms with E-state index in [1.807, 2.05) is 6.07 Å². The van der Waals surface area contributed by atoms with Crippen molar-refractivity contribution in [1.29, 1.82) is 0 Å². The fourth-order valence-corrected chi connectivity index (χ4v) is 3.42. The SMILES string of the molecule is OC[C@H]1O[C@@H](O[C@H]2[C@@H](OCc3ccccc3)O[C@H](CO)[C@@H](O)[C@@H]2O)[C@H](O)[C@@H](O)[C@@H]1O. The van der Waals surface area contributed by atoms with Crippen molar-refractivity contribution in [3.8, 4) is 0 Å². The van der Waals surface area contributed by atoms with E-state index in [0.29, 0.717) is 0 Å². The lowest BCUT2D eigenvalue weighted by atomic mass is 9.97. The van der Waals surface area contributed by atoms with Crippen molar-refractivity contribution >= 4 is 0 Å². The number of hydrogen-bond acceptors (Lipinski definition) is 11. The molecule has 0 bridgehead atoms. The third-order valence-corrected chi connectivity index (χ3v) is 5.22. The standard InChI is InChI=1S/C19H28O11/c20-6-10-12(22)14(24)16(26)18(28-10)30-17-15(25)13(23)11(7-21)29-19(17)27-8-9-4-2-1-3-5-9/h1-5,10-26H,6-8H2/t10-,11-,12-,13-,14+,15+,16-,17-,18+,19+/m1/s1. The van der Waals surface area contributed by atoms with Crippen LogP contribution in [0.4, 0.5) is 0 Å². The highest BCUT2D eigenvalue weighted by Crippen LogP contribution is 2.30. The highest BCUT2D eigenvalue weighted by Gasteiger charge is 2.50. The Kier molecular flexibility index (Phi) is 8.12. The van der Waals surface area contributed by atoms with Crippen LogP contribution in [0.1, 0.15) is 5.56 Å². The molecule has 2 aliphatic heterocycles. The topological polar surface area (TPSA) is 179 Å². The molecule has 0 amide bonds. The molecule has 2 saturated heterocycles. The second-order valence-corrected chi connectivity index (χ2v) is 7.30. The Morgan fingerprint density at radius 3 is 1.87 bits per heavy atom. The average molecular weight is 432 g/mol. The molecular formula is C19H28O11. The summed E-state index contributed by atoms with van der Waals surface area (Å²) >= 11 is 0. The Labute approximate surface area is 172 Å². The summed E-state index contributed by atoms with van der Waals surface area (Å²) in [5.41, 5.74) is 0.786. The Bertz CT molecular complexity index is 645. The van der Waals surface area contributed by atoms with Gasteiger partial charge in [0.25, 0.3) is 0 Å². The number of benzene rings is 1. The van der Waals surface area contributed by atoms with Gasteiger partial charge in [-0.05, 0) is 5.56 Å². The van der Waals surface area contributed by atoms with Gasteiger partial charge in [-0.15, -0.1) is 0 Å². The van der Waals surface area contributed by atoms with Gasteiger partial charge >= 0.3 is 0 Å². The molecule has 30 heavy (non-hydrogen) atoms. The zero-order chi connectivity index (χ0) is 21.8. The third-order valence-electron chi connectivity index (χ3n) is 5.22. The molecule has 10 atom stereocenters. The van der Waals surface area contributed by atoms with Crippen molar-refractivity contribution in [2.75, 3.05) is 13.2 Å². The second kappa shape index (κ2) is 10.4. The molecule has 170 valence electrons. The molecule has 11 nitrogen and oxygen atoms in total. The van der Waals surface area contributed by atoms with Gasteiger partial charge in [-0.1, -0.05) is 30.3 Å². The quantitative estimate of drug-likeness (QED) is 0.231. The highest BCUT2D eigenvalue weighted by molar-refractivity contribution is 5.13. The highest BCUT2D eigenvalue weighted by atomic mass is 16.8.